The Morgan fingerprint density at radius 3 is 1.74 bits per heavy atom. The normalized spacial score (nSPS) is 11.9. The average Bonchev–Trinajstić information content (AvgIpc) is 3.89. The molecular formula is C58H41NOS. The molecule has 0 unspecified atom stereocenters. The topological polar surface area (TPSA) is 16.4 Å². The third kappa shape index (κ3) is 5.99. The summed E-state index contributed by atoms with van der Waals surface area (Å²) in [4.78, 5) is 2.46. The van der Waals surface area contributed by atoms with Gasteiger partial charge >= 0.3 is 0 Å². The van der Waals surface area contributed by atoms with Crippen LogP contribution in [0, 0.1) is 0 Å². The molecule has 0 aliphatic heterocycles. The first-order chi connectivity index (χ1) is 30.2. The summed E-state index contributed by atoms with van der Waals surface area (Å²) in [5.74, 6) is 0. The Labute approximate surface area is 358 Å². The Balaban J connectivity index is 1.08. The van der Waals surface area contributed by atoms with Crippen LogP contribution in [0.1, 0.15) is 25.3 Å². The van der Waals surface area contributed by atoms with Gasteiger partial charge in [-0.05, 0) is 134 Å². The van der Waals surface area contributed by atoms with Crippen molar-refractivity contribution in [3.63, 3.8) is 0 Å². The maximum Gasteiger partial charge on any atom is 0.135 e. The summed E-state index contributed by atoms with van der Waals surface area (Å²) in [6, 6.07) is 71.5. The van der Waals surface area contributed by atoms with Gasteiger partial charge in [0.1, 0.15) is 11.2 Å². The van der Waals surface area contributed by atoms with Crippen LogP contribution in [0.3, 0.4) is 0 Å². The van der Waals surface area contributed by atoms with Crippen molar-refractivity contribution in [3.8, 4) is 22.3 Å². The molecule has 3 heteroatoms. The van der Waals surface area contributed by atoms with E-state index >= 15 is 0 Å². The second-order valence-electron chi connectivity index (χ2n) is 16.3. The number of benzene rings is 10. The Morgan fingerprint density at radius 1 is 0.410 bits per heavy atom. The van der Waals surface area contributed by atoms with Crippen molar-refractivity contribution in [1.29, 1.82) is 0 Å². The molecule has 0 fully saturated rings. The zero-order chi connectivity index (χ0) is 40.4. The fourth-order valence-electron chi connectivity index (χ4n) is 9.57. The zero-order valence-corrected chi connectivity index (χ0v) is 34.7. The Bertz CT molecular complexity index is 3630. The minimum absolute atomic E-state index is 0.882. The molecule has 0 radical (unpaired) electrons. The van der Waals surface area contributed by atoms with Gasteiger partial charge in [0.2, 0.25) is 0 Å². The molecule has 0 saturated heterocycles. The quantitative estimate of drug-likeness (QED) is 0.142. The first kappa shape index (κ1) is 35.7. The van der Waals surface area contributed by atoms with Gasteiger partial charge in [0.25, 0.3) is 0 Å². The highest BCUT2D eigenvalue weighted by atomic mass is 32.1. The van der Waals surface area contributed by atoms with Crippen LogP contribution in [0.25, 0.3) is 96.7 Å². The van der Waals surface area contributed by atoms with Crippen molar-refractivity contribution >= 4 is 103 Å². The number of aryl methyl sites for hydroxylation is 1. The fraction of sp³-hybridized carbons (Fsp3) is 0.0690. The molecule has 0 saturated carbocycles. The molecule has 0 amide bonds. The van der Waals surface area contributed by atoms with Crippen LogP contribution in [0.2, 0.25) is 0 Å². The standard InChI is InChI=1S/C58H41NOS/c1-2-3-13-37-24-26-39(27-25-37)40-16-11-17-42(32-40)59(43-29-31-56-52(34-43)51-33-41(28-30-55(51)60-56)38-14-5-4-6-15-38)54-23-12-22-48-53-35-49-46-20-9-7-18-44(46)45-19-8-10-21-47(45)50(49)36-57(53)61-58(48)54/h4-12,14-36H,2-3,13H2,1H3. The summed E-state index contributed by atoms with van der Waals surface area (Å²) in [5.41, 5.74) is 11.3. The lowest BCUT2D eigenvalue weighted by Gasteiger charge is -2.26. The average molecular weight is 800 g/mol. The summed E-state index contributed by atoms with van der Waals surface area (Å²) in [6.45, 7) is 2.26. The fourth-order valence-corrected chi connectivity index (χ4v) is 10.8. The van der Waals surface area contributed by atoms with Gasteiger partial charge in [-0.3, -0.25) is 0 Å². The van der Waals surface area contributed by atoms with E-state index in [0.717, 1.165) is 45.4 Å². The van der Waals surface area contributed by atoms with Gasteiger partial charge in [0.15, 0.2) is 0 Å². The highest BCUT2D eigenvalue weighted by molar-refractivity contribution is 7.26. The third-order valence-electron chi connectivity index (χ3n) is 12.6. The van der Waals surface area contributed by atoms with Crippen molar-refractivity contribution < 1.29 is 4.42 Å². The second kappa shape index (κ2) is 14.5. The minimum atomic E-state index is 0.882. The van der Waals surface area contributed by atoms with Crippen LogP contribution < -0.4 is 4.90 Å². The summed E-state index contributed by atoms with van der Waals surface area (Å²) in [5, 5.41) is 12.5. The van der Waals surface area contributed by atoms with Gasteiger partial charge in [-0.15, -0.1) is 11.3 Å². The number of fused-ring (bicyclic) bond motifs is 12. The number of furan rings is 1. The van der Waals surface area contributed by atoms with E-state index in [9.17, 15) is 0 Å². The van der Waals surface area contributed by atoms with E-state index in [1.165, 1.54) is 93.1 Å². The smallest absolute Gasteiger partial charge is 0.135 e. The molecule has 0 aliphatic rings. The van der Waals surface area contributed by atoms with Crippen molar-refractivity contribution in [1.82, 2.24) is 0 Å². The van der Waals surface area contributed by atoms with Crippen LogP contribution in [0.4, 0.5) is 17.1 Å². The highest BCUT2D eigenvalue weighted by Gasteiger charge is 2.21. The number of hydrogen-bond donors (Lipinski definition) is 0. The predicted molar refractivity (Wildman–Crippen MR) is 263 cm³/mol. The molecule has 10 aromatic carbocycles. The lowest BCUT2D eigenvalue weighted by Crippen LogP contribution is -2.10. The maximum absolute atomic E-state index is 6.49. The Kier molecular flexibility index (Phi) is 8.50. The van der Waals surface area contributed by atoms with Gasteiger partial charge in [0.05, 0.1) is 10.4 Å². The van der Waals surface area contributed by atoms with Crippen LogP contribution in [0.5, 0.6) is 0 Å². The monoisotopic (exact) mass is 799 g/mol. The molecule has 0 spiro atoms. The largest absolute Gasteiger partial charge is 0.456 e. The van der Waals surface area contributed by atoms with Crippen molar-refractivity contribution in [2.45, 2.75) is 26.2 Å². The van der Waals surface area contributed by atoms with E-state index < -0.39 is 0 Å². The van der Waals surface area contributed by atoms with Crippen molar-refractivity contribution in [3.05, 3.63) is 200 Å². The number of unbranched alkanes of at least 4 members (excludes halogenated alkanes) is 1. The molecular weight excluding hydrogens is 759 g/mol. The summed E-state index contributed by atoms with van der Waals surface area (Å²) < 4.78 is 9.04. The Hall–Kier alpha value is -7.20. The third-order valence-corrected chi connectivity index (χ3v) is 13.8. The van der Waals surface area contributed by atoms with Crippen LogP contribution in [-0.4, -0.2) is 0 Å². The zero-order valence-electron chi connectivity index (χ0n) is 33.9. The Morgan fingerprint density at radius 2 is 0.984 bits per heavy atom. The van der Waals surface area contributed by atoms with Crippen LogP contribution >= 0.6 is 11.3 Å². The molecule has 0 aliphatic carbocycles. The van der Waals surface area contributed by atoms with Crippen LogP contribution in [0.15, 0.2) is 199 Å². The van der Waals surface area contributed by atoms with E-state index in [4.69, 9.17) is 4.42 Å². The lowest BCUT2D eigenvalue weighted by molar-refractivity contribution is 0.669. The molecule has 0 N–H and O–H groups in total. The molecule has 12 aromatic rings. The van der Waals surface area contributed by atoms with Crippen molar-refractivity contribution in [2.75, 3.05) is 4.90 Å². The predicted octanol–water partition coefficient (Wildman–Crippen LogP) is 17.6. The second-order valence-corrected chi connectivity index (χ2v) is 17.3. The van der Waals surface area contributed by atoms with Crippen LogP contribution in [-0.2, 0) is 6.42 Å². The SMILES string of the molecule is CCCCc1ccc(-c2cccc(N(c3ccc4oc5ccc(-c6ccccc6)cc5c4c3)c3cccc4c3sc3cc5c6ccccc6c6ccccc6c5cc34)c2)cc1. The first-order valence-corrected chi connectivity index (χ1v) is 22.2. The molecule has 61 heavy (non-hydrogen) atoms. The molecule has 2 nitrogen and oxygen atoms in total. The van der Waals surface area contributed by atoms with Gasteiger partial charge in [-0.2, -0.15) is 0 Å². The number of anilines is 3. The summed E-state index contributed by atoms with van der Waals surface area (Å²) in [7, 11) is 0. The van der Waals surface area contributed by atoms with Gasteiger partial charge in [-0.25, -0.2) is 0 Å². The number of rotatable bonds is 8. The molecule has 2 heterocycles. The minimum Gasteiger partial charge on any atom is -0.456 e. The number of hydrogen-bond acceptors (Lipinski definition) is 3. The van der Waals surface area contributed by atoms with E-state index in [2.05, 4.69) is 206 Å². The van der Waals surface area contributed by atoms with E-state index in [-0.39, 0.29) is 0 Å². The molecule has 0 bridgehead atoms. The lowest BCUT2D eigenvalue weighted by atomic mass is 9.93. The first-order valence-electron chi connectivity index (χ1n) is 21.4. The summed E-state index contributed by atoms with van der Waals surface area (Å²) in [6.07, 6.45) is 3.52. The van der Waals surface area contributed by atoms with Gasteiger partial charge in [0, 0.05) is 37.6 Å². The molecule has 2 aromatic heterocycles. The number of nitrogens with zero attached hydrogens (tertiary/aromatic N) is 1. The summed E-state index contributed by atoms with van der Waals surface area (Å²) >= 11 is 1.89. The number of thiophene rings is 1. The maximum atomic E-state index is 6.49. The highest BCUT2D eigenvalue weighted by Crippen LogP contribution is 2.48. The van der Waals surface area contributed by atoms with E-state index in [1.54, 1.807) is 0 Å². The van der Waals surface area contributed by atoms with Crippen molar-refractivity contribution in [2.24, 2.45) is 0 Å². The van der Waals surface area contributed by atoms with Gasteiger partial charge < -0.3 is 9.32 Å². The molecule has 290 valence electrons. The van der Waals surface area contributed by atoms with E-state index in [1.807, 2.05) is 11.3 Å². The van der Waals surface area contributed by atoms with Gasteiger partial charge in [-0.1, -0.05) is 147 Å². The molecule has 0 atom stereocenters. The molecule has 12 rings (SSSR count). The van der Waals surface area contributed by atoms with E-state index in [0.29, 0.717) is 0 Å².